The molecule has 0 amide bonds. The van der Waals surface area contributed by atoms with Crippen LogP contribution in [0.4, 0.5) is 14.5 Å². The summed E-state index contributed by atoms with van der Waals surface area (Å²) in [6, 6.07) is 8.47. The summed E-state index contributed by atoms with van der Waals surface area (Å²) in [6.07, 6.45) is 0. The highest BCUT2D eigenvalue weighted by Gasteiger charge is 2.05. The number of anilines is 1. The lowest BCUT2D eigenvalue weighted by Crippen LogP contribution is -1.99. The Morgan fingerprint density at radius 3 is 2.61 bits per heavy atom. The molecular formula is C13H10BrF2NO. The van der Waals surface area contributed by atoms with Gasteiger partial charge in [0.2, 0.25) is 0 Å². The molecule has 0 heterocycles. The normalized spacial score (nSPS) is 10.4. The lowest BCUT2D eigenvalue weighted by atomic mass is 10.2. The molecule has 18 heavy (non-hydrogen) atoms. The summed E-state index contributed by atoms with van der Waals surface area (Å²) in [6.45, 7) is 0.0509. The van der Waals surface area contributed by atoms with E-state index in [1.54, 1.807) is 12.1 Å². The zero-order chi connectivity index (χ0) is 13.1. The fourth-order valence-electron chi connectivity index (χ4n) is 1.51. The number of hydrogen-bond donors (Lipinski definition) is 1. The van der Waals surface area contributed by atoms with Gasteiger partial charge in [0.25, 0.3) is 0 Å². The first kappa shape index (κ1) is 12.8. The van der Waals surface area contributed by atoms with Gasteiger partial charge in [-0.05, 0) is 42.0 Å². The van der Waals surface area contributed by atoms with Crippen LogP contribution >= 0.6 is 15.9 Å². The molecule has 2 nitrogen and oxygen atoms in total. The van der Waals surface area contributed by atoms with Crippen LogP contribution in [0, 0.1) is 11.6 Å². The monoisotopic (exact) mass is 313 g/mol. The van der Waals surface area contributed by atoms with Gasteiger partial charge in [-0.15, -0.1) is 0 Å². The topological polar surface area (TPSA) is 35.2 Å². The van der Waals surface area contributed by atoms with Crippen molar-refractivity contribution in [2.75, 3.05) is 5.73 Å². The summed E-state index contributed by atoms with van der Waals surface area (Å²) < 4.78 is 32.5. The van der Waals surface area contributed by atoms with Crippen molar-refractivity contribution in [2.45, 2.75) is 6.61 Å². The van der Waals surface area contributed by atoms with Gasteiger partial charge in [-0.2, -0.15) is 0 Å². The molecule has 2 rings (SSSR count). The van der Waals surface area contributed by atoms with Crippen LogP contribution in [0.5, 0.6) is 5.75 Å². The van der Waals surface area contributed by atoms with Crippen molar-refractivity contribution in [3.63, 3.8) is 0 Å². The highest BCUT2D eigenvalue weighted by molar-refractivity contribution is 9.10. The zero-order valence-electron chi connectivity index (χ0n) is 9.29. The van der Waals surface area contributed by atoms with E-state index in [1.807, 2.05) is 0 Å². The van der Waals surface area contributed by atoms with Gasteiger partial charge in [0.05, 0.1) is 0 Å². The van der Waals surface area contributed by atoms with Crippen LogP contribution in [-0.2, 0) is 6.61 Å². The van der Waals surface area contributed by atoms with Gasteiger partial charge in [0.1, 0.15) is 12.4 Å². The molecule has 5 heteroatoms. The van der Waals surface area contributed by atoms with E-state index < -0.39 is 11.6 Å². The van der Waals surface area contributed by atoms with Crippen molar-refractivity contribution in [1.29, 1.82) is 0 Å². The van der Waals surface area contributed by atoms with Gasteiger partial charge < -0.3 is 10.5 Å². The minimum Gasteiger partial charge on any atom is -0.486 e. The van der Waals surface area contributed by atoms with Crippen LogP contribution < -0.4 is 10.5 Å². The second-order valence-corrected chi connectivity index (χ2v) is 4.67. The summed E-state index contributed by atoms with van der Waals surface area (Å²) in [5.41, 5.74) is 6.36. The predicted molar refractivity (Wildman–Crippen MR) is 69.2 cm³/mol. The molecule has 94 valence electrons. The first-order valence-corrected chi connectivity index (χ1v) is 5.97. The molecule has 0 aliphatic heterocycles. The zero-order valence-corrected chi connectivity index (χ0v) is 10.9. The molecule has 0 spiro atoms. The molecule has 0 aliphatic rings. The Balaban J connectivity index is 2.13. The summed E-state index contributed by atoms with van der Waals surface area (Å²) in [7, 11) is 0. The molecule has 0 atom stereocenters. The van der Waals surface area contributed by atoms with Crippen LogP contribution in [0.2, 0.25) is 0 Å². The predicted octanol–water partition coefficient (Wildman–Crippen LogP) is 3.89. The van der Waals surface area contributed by atoms with Crippen molar-refractivity contribution >= 4 is 21.6 Å². The minimum absolute atomic E-state index is 0.0509. The highest BCUT2D eigenvalue weighted by Crippen LogP contribution is 2.23. The molecule has 0 radical (unpaired) electrons. The molecule has 0 saturated heterocycles. The Labute approximate surface area is 112 Å². The molecule has 0 bridgehead atoms. The second-order valence-electron chi connectivity index (χ2n) is 3.76. The van der Waals surface area contributed by atoms with Gasteiger partial charge in [0.15, 0.2) is 11.6 Å². The molecule has 2 aromatic rings. The summed E-state index contributed by atoms with van der Waals surface area (Å²) >= 11 is 3.22. The second kappa shape index (κ2) is 5.35. The summed E-state index contributed by atoms with van der Waals surface area (Å²) in [5, 5.41) is 0. The van der Waals surface area contributed by atoms with E-state index in [-0.39, 0.29) is 12.4 Å². The molecule has 0 aromatic heterocycles. The maximum atomic E-state index is 13.4. The Kier molecular flexibility index (Phi) is 3.81. The van der Waals surface area contributed by atoms with E-state index in [1.165, 1.54) is 24.3 Å². The number of hydrogen-bond acceptors (Lipinski definition) is 2. The van der Waals surface area contributed by atoms with E-state index in [4.69, 9.17) is 10.5 Å². The Morgan fingerprint density at radius 1 is 1.11 bits per heavy atom. The Hall–Kier alpha value is -1.62. The van der Waals surface area contributed by atoms with Gasteiger partial charge in [0, 0.05) is 10.2 Å². The van der Waals surface area contributed by atoms with E-state index in [0.29, 0.717) is 15.7 Å². The van der Waals surface area contributed by atoms with Crippen molar-refractivity contribution in [2.24, 2.45) is 0 Å². The van der Waals surface area contributed by atoms with Crippen LogP contribution in [0.1, 0.15) is 5.56 Å². The van der Waals surface area contributed by atoms with Crippen LogP contribution in [-0.4, -0.2) is 0 Å². The highest BCUT2D eigenvalue weighted by atomic mass is 79.9. The van der Waals surface area contributed by atoms with Crippen molar-refractivity contribution in [1.82, 2.24) is 0 Å². The van der Waals surface area contributed by atoms with E-state index in [2.05, 4.69) is 15.9 Å². The largest absolute Gasteiger partial charge is 0.486 e. The maximum Gasteiger partial charge on any atom is 0.165 e. The molecule has 0 unspecified atom stereocenters. The summed E-state index contributed by atoms with van der Waals surface area (Å²) in [5.74, 6) is -0.807. The van der Waals surface area contributed by atoms with Crippen molar-refractivity contribution in [3.05, 3.63) is 58.1 Å². The minimum atomic E-state index is -0.470. The molecular weight excluding hydrogens is 304 g/mol. The van der Waals surface area contributed by atoms with Crippen molar-refractivity contribution < 1.29 is 13.5 Å². The van der Waals surface area contributed by atoms with Gasteiger partial charge >= 0.3 is 0 Å². The number of halogens is 3. The fraction of sp³-hybridized carbons (Fsp3) is 0.0769. The number of nitrogens with two attached hydrogens (primary N) is 1. The third-order valence-electron chi connectivity index (χ3n) is 2.27. The van der Waals surface area contributed by atoms with Crippen LogP contribution in [0.15, 0.2) is 40.9 Å². The number of ether oxygens (including phenoxy) is 1. The molecule has 0 fully saturated rings. The van der Waals surface area contributed by atoms with Crippen molar-refractivity contribution in [3.8, 4) is 5.75 Å². The Morgan fingerprint density at radius 2 is 1.89 bits per heavy atom. The Bertz CT molecular complexity index is 555. The number of benzene rings is 2. The van der Waals surface area contributed by atoms with Gasteiger partial charge in [-0.3, -0.25) is 0 Å². The molecule has 2 N–H and O–H groups in total. The van der Waals surface area contributed by atoms with E-state index >= 15 is 0 Å². The average Bonchev–Trinajstić information content (AvgIpc) is 2.29. The van der Waals surface area contributed by atoms with Crippen LogP contribution in [0.25, 0.3) is 0 Å². The number of nitrogen functional groups attached to an aromatic ring is 1. The molecule has 0 aliphatic carbocycles. The smallest absolute Gasteiger partial charge is 0.165 e. The van der Waals surface area contributed by atoms with E-state index in [0.717, 1.165) is 0 Å². The molecule has 2 aromatic carbocycles. The van der Waals surface area contributed by atoms with E-state index in [9.17, 15) is 8.78 Å². The van der Waals surface area contributed by atoms with Gasteiger partial charge in [-0.1, -0.05) is 15.9 Å². The maximum absolute atomic E-state index is 13.4. The van der Waals surface area contributed by atoms with Gasteiger partial charge in [-0.25, -0.2) is 8.78 Å². The molecule has 0 saturated carbocycles. The lowest BCUT2D eigenvalue weighted by Gasteiger charge is -2.08. The fourth-order valence-corrected chi connectivity index (χ4v) is 1.85. The lowest BCUT2D eigenvalue weighted by molar-refractivity contribution is 0.289. The summed E-state index contributed by atoms with van der Waals surface area (Å²) in [4.78, 5) is 0. The average molecular weight is 314 g/mol. The standard InChI is InChI=1S/C13H10BrF2NO/c14-9-1-2-12(16)13(5-9)18-7-8-3-10(15)6-11(17)4-8/h1-6H,7,17H2. The third-order valence-corrected chi connectivity index (χ3v) is 2.76. The number of rotatable bonds is 3. The first-order valence-electron chi connectivity index (χ1n) is 5.17. The first-order chi connectivity index (χ1) is 8.54. The quantitative estimate of drug-likeness (QED) is 0.873. The third kappa shape index (κ3) is 3.20. The SMILES string of the molecule is Nc1cc(F)cc(COc2cc(Br)ccc2F)c1. The van der Waals surface area contributed by atoms with Crippen LogP contribution in [0.3, 0.4) is 0 Å².